The predicted octanol–water partition coefficient (Wildman–Crippen LogP) is 4.11. The number of ether oxygens (including phenoxy) is 1. The van der Waals surface area contributed by atoms with Crippen LogP contribution in [0.3, 0.4) is 0 Å². The molecule has 1 aromatic carbocycles. The van der Waals surface area contributed by atoms with Crippen molar-refractivity contribution in [2.45, 2.75) is 13.0 Å². The SMILES string of the molecule is N#Cc1c(Cl)nc2c(c1-c1cccc(Br)c1)COCC2. The maximum absolute atomic E-state index is 9.40. The number of hydrogen-bond donors (Lipinski definition) is 0. The third-order valence-corrected chi connectivity index (χ3v) is 4.06. The van der Waals surface area contributed by atoms with Crippen molar-refractivity contribution in [3.05, 3.63) is 50.7 Å². The van der Waals surface area contributed by atoms with Crippen LogP contribution in [0.5, 0.6) is 0 Å². The second-order valence-corrected chi connectivity index (χ2v) is 5.78. The number of fused-ring (bicyclic) bond motifs is 1. The topological polar surface area (TPSA) is 45.9 Å². The normalized spacial score (nSPS) is 13.7. The first-order valence-corrected chi connectivity index (χ1v) is 7.33. The van der Waals surface area contributed by atoms with E-state index in [-0.39, 0.29) is 5.15 Å². The molecule has 0 bridgehead atoms. The summed E-state index contributed by atoms with van der Waals surface area (Å²) in [4.78, 5) is 4.34. The molecule has 0 radical (unpaired) electrons. The minimum Gasteiger partial charge on any atom is -0.376 e. The van der Waals surface area contributed by atoms with E-state index in [2.05, 4.69) is 27.0 Å². The van der Waals surface area contributed by atoms with E-state index in [1.807, 2.05) is 24.3 Å². The molecule has 0 N–H and O–H groups in total. The van der Waals surface area contributed by atoms with Crippen LogP contribution in [-0.4, -0.2) is 11.6 Å². The molecule has 0 atom stereocenters. The average molecular weight is 350 g/mol. The molecule has 2 heterocycles. The summed E-state index contributed by atoms with van der Waals surface area (Å²) in [5.41, 5.74) is 4.09. The van der Waals surface area contributed by atoms with E-state index in [9.17, 15) is 5.26 Å². The van der Waals surface area contributed by atoms with E-state index in [0.29, 0.717) is 18.8 Å². The van der Waals surface area contributed by atoms with E-state index in [4.69, 9.17) is 16.3 Å². The monoisotopic (exact) mass is 348 g/mol. The third kappa shape index (κ3) is 2.33. The summed E-state index contributed by atoms with van der Waals surface area (Å²) in [6.45, 7) is 1.11. The zero-order chi connectivity index (χ0) is 14.1. The highest BCUT2D eigenvalue weighted by molar-refractivity contribution is 9.10. The van der Waals surface area contributed by atoms with Gasteiger partial charge in [-0.2, -0.15) is 5.26 Å². The number of nitrogens with zero attached hydrogens (tertiary/aromatic N) is 2. The molecule has 0 saturated heterocycles. The summed E-state index contributed by atoms with van der Waals surface area (Å²) < 4.78 is 6.48. The standard InChI is InChI=1S/C15H10BrClN2O/c16-10-3-1-2-9(6-10)14-11(7-18)15(17)19-13-4-5-20-8-12(13)14/h1-3,6H,4-5,8H2. The molecule has 1 aromatic heterocycles. The lowest BCUT2D eigenvalue weighted by Crippen LogP contribution is -2.14. The van der Waals surface area contributed by atoms with Crippen LogP contribution < -0.4 is 0 Å². The zero-order valence-electron chi connectivity index (χ0n) is 10.5. The fourth-order valence-electron chi connectivity index (χ4n) is 2.41. The Hall–Kier alpha value is -1.41. The van der Waals surface area contributed by atoms with Gasteiger partial charge in [-0.1, -0.05) is 39.7 Å². The van der Waals surface area contributed by atoms with E-state index >= 15 is 0 Å². The molecule has 0 fully saturated rings. The van der Waals surface area contributed by atoms with Crippen LogP contribution in [-0.2, 0) is 17.8 Å². The fraction of sp³-hybridized carbons (Fsp3) is 0.200. The molecule has 20 heavy (non-hydrogen) atoms. The van der Waals surface area contributed by atoms with Gasteiger partial charge in [0.2, 0.25) is 0 Å². The number of nitriles is 1. The third-order valence-electron chi connectivity index (χ3n) is 3.29. The summed E-state index contributed by atoms with van der Waals surface area (Å²) in [6.07, 6.45) is 0.724. The second kappa shape index (κ2) is 5.53. The van der Waals surface area contributed by atoms with Crippen molar-refractivity contribution in [1.82, 2.24) is 4.98 Å². The molecule has 0 amide bonds. The number of benzene rings is 1. The van der Waals surface area contributed by atoms with Crippen LogP contribution in [0.15, 0.2) is 28.7 Å². The van der Waals surface area contributed by atoms with Gasteiger partial charge in [-0.3, -0.25) is 0 Å². The Morgan fingerprint density at radius 3 is 3.00 bits per heavy atom. The number of hydrogen-bond acceptors (Lipinski definition) is 3. The van der Waals surface area contributed by atoms with Crippen molar-refractivity contribution in [3.63, 3.8) is 0 Å². The Kier molecular flexibility index (Phi) is 3.75. The van der Waals surface area contributed by atoms with Crippen LogP contribution in [0.4, 0.5) is 0 Å². The first kappa shape index (κ1) is 13.6. The van der Waals surface area contributed by atoms with Crippen LogP contribution >= 0.6 is 27.5 Å². The van der Waals surface area contributed by atoms with Crippen molar-refractivity contribution >= 4 is 27.5 Å². The quantitative estimate of drug-likeness (QED) is 0.728. The maximum Gasteiger partial charge on any atom is 0.147 e. The van der Waals surface area contributed by atoms with Gasteiger partial charge in [0.15, 0.2) is 0 Å². The lowest BCUT2D eigenvalue weighted by Gasteiger charge is -2.21. The van der Waals surface area contributed by atoms with Gasteiger partial charge in [0.1, 0.15) is 11.2 Å². The molecular formula is C15H10BrClN2O. The lowest BCUT2D eigenvalue weighted by atomic mass is 9.93. The van der Waals surface area contributed by atoms with E-state index in [0.717, 1.165) is 33.3 Å². The molecule has 3 rings (SSSR count). The maximum atomic E-state index is 9.40. The predicted molar refractivity (Wildman–Crippen MR) is 80.5 cm³/mol. The molecule has 0 unspecified atom stereocenters. The Bertz CT molecular complexity index is 725. The van der Waals surface area contributed by atoms with Gasteiger partial charge in [0, 0.05) is 22.0 Å². The zero-order valence-corrected chi connectivity index (χ0v) is 12.8. The summed E-state index contributed by atoms with van der Waals surface area (Å²) in [5.74, 6) is 0. The van der Waals surface area contributed by atoms with Crippen LogP contribution in [0.2, 0.25) is 5.15 Å². The van der Waals surface area contributed by atoms with Gasteiger partial charge >= 0.3 is 0 Å². The first-order valence-electron chi connectivity index (χ1n) is 6.15. The van der Waals surface area contributed by atoms with Crippen LogP contribution in [0, 0.1) is 11.3 Å². The van der Waals surface area contributed by atoms with Gasteiger partial charge in [0.05, 0.1) is 24.5 Å². The van der Waals surface area contributed by atoms with Crippen molar-refractivity contribution in [2.75, 3.05) is 6.61 Å². The molecule has 5 heteroatoms. The summed E-state index contributed by atoms with van der Waals surface area (Å²) in [5, 5.41) is 9.67. The highest BCUT2D eigenvalue weighted by atomic mass is 79.9. The largest absolute Gasteiger partial charge is 0.376 e. The molecule has 1 aliphatic rings. The van der Waals surface area contributed by atoms with E-state index < -0.39 is 0 Å². The summed E-state index contributed by atoms with van der Waals surface area (Å²) >= 11 is 9.63. The molecule has 0 spiro atoms. The highest BCUT2D eigenvalue weighted by Crippen LogP contribution is 2.35. The smallest absolute Gasteiger partial charge is 0.147 e. The Morgan fingerprint density at radius 2 is 2.25 bits per heavy atom. The Balaban J connectivity index is 2.32. The van der Waals surface area contributed by atoms with Gasteiger partial charge in [0.25, 0.3) is 0 Å². The molecule has 0 aliphatic carbocycles. The summed E-state index contributed by atoms with van der Waals surface area (Å²) in [6, 6.07) is 9.99. The fourth-order valence-corrected chi connectivity index (χ4v) is 3.05. The van der Waals surface area contributed by atoms with Crippen molar-refractivity contribution in [2.24, 2.45) is 0 Å². The molecule has 0 saturated carbocycles. The molecule has 2 aromatic rings. The van der Waals surface area contributed by atoms with E-state index in [1.54, 1.807) is 0 Å². The van der Waals surface area contributed by atoms with Crippen molar-refractivity contribution < 1.29 is 4.74 Å². The number of pyridine rings is 1. The van der Waals surface area contributed by atoms with Crippen LogP contribution in [0.1, 0.15) is 16.8 Å². The van der Waals surface area contributed by atoms with Gasteiger partial charge in [-0.05, 0) is 17.7 Å². The first-order chi connectivity index (χ1) is 9.70. The van der Waals surface area contributed by atoms with Crippen molar-refractivity contribution in [1.29, 1.82) is 5.26 Å². The minimum atomic E-state index is 0.267. The number of aromatic nitrogens is 1. The van der Waals surface area contributed by atoms with E-state index in [1.165, 1.54) is 0 Å². The van der Waals surface area contributed by atoms with Gasteiger partial charge < -0.3 is 4.74 Å². The second-order valence-electron chi connectivity index (χ2n) is 4.50. The highest BCUT2D eigenvalue weighted by Gasteiger charge is 2.22. The van der Waals surface area contributed by atoms with Crippen molar-refractivity contribution in [3.8, 4) is 17.2 Å². The molecular weight excluding hydrogens is 340 g/mol. The molecule has 100 valence electrons. The average Bonchev–Trinajstić information content (AvgIpc) is 2.45. The minimum absolute atomic E-state index is 0.267. The number of halogens is 2. The molecule has 3 nitrogen and oxygen atoms in total. The van der Waals surface area contributed by atoms with Crippen LogP contribution in [0.25, 0.3) is 11.1 Å². The summed E-state index contributed by atoms with van der Waals surface area (Å²) in [7, 11) is 0. The van der Waals surface area contributed by atoms with Gasteiger partial charge in [-0.15, -0.1) is 0 Å². The van der Waals surface area contributed by atoms with Gasteiger partial charge in [-0.25, -0.2) is 4.98 Å². The Labute approximate surface area is 130 Å². The number of rotatable bonds is 1. The lowest BCUT2D eigenvalue weighted by molar-refractivity contribution is 0.109. The molecule has 1 aliphatic heterocycles. The Morgan fingerprint density at radius 1 is 1.40 bits per heavy atom.